The molecule has 3 aromatic rings. The summed E-state index contributed by atoms with van der Waals surface area (Å²) in [7, 11) is 0. The first kappa shape index (κ1) is 16.6. The van der Waals surface area contributed by atoms with Crippen molar-refractivity contribution in [1.29, 1.82) is 0 Å². The number of aliphatic carboxylic acids is 1. The number of nitro benzene ring substituents is 1. The van der Waals surface area contributed by atoms with Crippen LogP contribution in [0.2, 0.25) is 0 Å². The number of nitrogens with zero attached hydrogens (tertiary/aromatic N) is 3. The van der Waals surface area contributed by atoms with E-state index in [1.54, 1.807) is 6.07 Å². The normalized spacial score (nSPS) is 10.9. The monoisotopic (exact) mass is 339 g/mol. The number of aromatic nitrogens is 2. The Kier molecular flexibility index (Phi) is 4.74. The van der Waals surface area contributed by atoms with Crippen LogP contribution in [-0.2, 0) is 24.2 Å². The number of carboxylic acid groups (broad SMARTS) is 1. The molecule has 0 bridgehead atoms. The molecule has 1 N–H and O–H groups in total. The summed E-state index contributed by atoms with van der Waals surface area (Å²) >= 11 is 0. The summed E-state index contributed by atoms with van der Waals surface area (Å²) in [4.78, 5) is 26.0. The summed E-state index contributed by atoms with van der Waals surface area (Å²) in [6.07, 6.45) is 0.985. The lowest BCUT2D eigenvalue weighted by Crippen LogP contribution is -2.08. The van der Waals surface area contributed by atoms with Crippen molar-refractivity contribution in [3.05, 3.63) is 70.0 Å². The Balaban J connectivity index is 1.97. The first-order valence-electron chi connectivity index (χ1n) is 7.94. The standard InChI is InChI=1S/C18H17N3O4/c22-18(23)9-8-17-19-15-7-6-14(21(24)25)12-16(15)20(17)11-10-13-4-2-1-3-5-13/h1-7,12H,8-11H2,(H,22,23). The number of imidazole rings is 1. The molecule has 128 valence electrons. The molecule has 0 saturated heterocycles. The van der Waals surface area contributed by atoms with Gasteiger partial charge in [-0.05, 0) is 18.1 Å². The number of benzene rings is 2. The fourth-order valence-corrected chi connectivity index (χ4v) is 2.82. The number of carbonyl (C=O) groups is 1. The van der Waals surface area contributed by atoms with Crippen LogP contribution in [0.1, 0.15) is 17.8 Å². The number of fused-ring (bicyclic) bond motifs is 1. The van der Waals surface area contributed by atoms with E-state index in [9.17, 15) is 14.9 Å². The van der Waals surface area contributed by atoms with E-state index in [1.165, 1.54) is 12.1 Å². The van der Waals surface area contributed by atoms with Gasteiger partial charge >= 0.3 is 5.97 Å². The third-order valence-electron chi connectivity index (χ3n) is 4.05. The quantitative estimate of drug-likeness (QED) is 0.526. The fourth-order valence-electron chi connectivity index (χ4n) is 2.82. The fraction of sp³-hybridized carbons (Fsp3) is 0.222. The topological polar surface area (TPSA) is 98.3 Å². The van der Waals surface area contributed by atoms with E-state index >= 15 is 0 Å². The van der Waals surface area contributed by atoms with Crippen molar-refractivity contribution < 1.29 is 14.8 Å². The maximum absolute atomic E-state index is 11.1. The van der Waals surface area contributed by atoms with Gasteiger partial charge in [-0.1, -0.05) is 30.3 Å². The van der Waals surface area contributed by atoms with Crippen molar-refractivity contribution in [2.45, 2.75) is 25.8 Å². The predicted molar refractivity (Wildman–Crippen MR) is 92.5 cm³/mol. The zero-order valence-electron chi connectivity index (χ0n) is 13.5. The molecular formula is C18H17N3O4. The lowest BCUT2D eigenvalue weighted by atomic mass is 10.1. The summed E-state index contributed by atoms with van der Waals surface area (Å²) in [6, 6.07) is 14.4. The van der Waals surface area contributed by atoms with Crippen molar-refractivity contribution in [2.75, 3.05) is 0 Å². The summed E-state index contributed by atoms with van der Waals surface area (Å²) in [6.45, 7) is 0.580. The highest BCUT2D eigenvalue weighted by molar-refractivity contribution is 5.79. The second-order valence-electron chi connectivity index (χ2n) is 5.74. The maximum Gasteiger partial charge on any atom is 0.303 e. The van der Waals surface area contributed by atoms with Crippen LogP contribution >= 0.6 is 0 Å². The number of aryl methyl sites for hydroxylation is 3. The SMILES string of the molecule is O=C(O)CCc1nc2ccc([N+](=O)[O-])cc2n1CCc1ccccc1. The van der Waals surface area contributed by atoms with Gasteiger partial charge in [0, 0.05) is 25.1 Å². The van der Waals surface area contributed by atoms with E-state index in [0.717, 1.165) is 12.0 Å². The van der Waals surface area contributed by atoms with Gasteiger partial charge in [-0.25, -0.2) is 4.98 Å². The van der Waals surface area contributed by atoms with Crippen LogP contribution in [0.15, 0.2) is 48.5 Å². The van der Waals surface area contributed by atoms with Gasteiger partial charge in [0.25, 0.3) is 5.69 Å². The van der Waals surface area contributed by atoms with E-state index in [1.807, 2.05) is 34.9 Å². The van der Waals surface area contributed by atoms with Crippen LogP contribution in [0.25, 0.3) is 11.0 Å². The first-order chi connectivity index (χ1) is 12.0. The lowest BCUT2D eigenvalue weighted by Gasteiger charge is -2.09. The van der Waals surface area contributed by atoms with Crippen molar-refractivity contribution in [1.82, 2.24) is 9.55 Å². The molecule has 3 rings (SSSR count). The molecule has 0 fully saturated rings. The number of rotatable bonds is 7. The van der Waals surface area contributed by atoms with Crippen molar-refractivity contribution in [3.63, 3.8) is 0 Å². The second-order valence-corrected chi connectivity index (χ2v) is 5.74. The molecule has 0 unspecified atom stereocenters. The van der Waals surface area contributed by atoms with Gasteiger partial charge in [0.05, 0.1) is 22.4 Å². The van der Waals surface area contributed by atoms with Crippen LogP contribution in [-0.4, -0.2) is 25.6 Å². The average molecular weight is 339 g/mol. The lowest BCUT2D eigenvalue weighted by molar-refractivity contribution is -0.384. The van der Waals surface area contributed by atoms with Gasteiger partial charge in [-0.15, -0.1) is 0 Å². The summed E-state index contributed by atoms with van der Waals surface area (Å²) < 4.78 is 1.89. The molecule has 0 spiro atoms. The molecule has 1 heterocycles. The first-order valence-corrected chi connectivity index (χ1v) is 7.94. The highest BCUT2D eigenvalue weighted by Crippen LogP contribution is 2.23. The Hall–Kier alpha value is -3.22. The zero-order valence-corrected chi connectivity index (χ0v) is 13.5. The van der Waals surface area contributed by atoms with E-state index in [0.29, 0.717) is 23.4 Å². The molecule has 7 nitrogen and oxygen atoms in total. The van der Waals surface area contributed by atoms with Crippen LogP contribution in [0.4, 0.5) is 5.69 Å². The Bertz CT molecular complexity index is 919. The third-order valence-corrected chi connectivity index (χ3v) is 4.05. The Labute approximate surface area is 143 Å². The minimum atomic E-state index is -0.896. The van der Waals surface area contributed by atoms with Crippen LogP contribution in [0.5, 0.6) is 0 Å². The van der Waals surface area contributed by atoms with Gasteiger partial charge in [-0.2, -0.15) is 0 Å². The molecule has 1 aromatic heterocycles. The molecule has 7 heteroatoms. The molecule has 0 saturated carbocycles. The highest BCUT2D eigenvalue weighted by Gasteiger charge is 2.15. The predicted octanol–water partition coefficient (Wildman–Crippen LogP) is 3.20. The van der Waals surface area contributed by atoms with E-state index in [2.05, 4.69) is 4.98 Å². The van der Waals surface area contributed by atoms with Crippen LogP contribution < -0.4 is 0 Å². The van der Waals surface area contributed by atoms with Crippen molar-refractivity contribution in [3.8, 4) is 0 Å². The number of non-ortho nitro benzene ring substituents is 1. The van der Waals surface area contributed by atoms with Crippen molar-refractivity contribution in [2.24, 2.45) is 0 Å². The van der Waals surface area contributed by atoms with Crippen LogP contribution in [0.3, 0.4) is 0 Å². The van der Waals surface area contributed by atoms with Gasteiger partial charge in [-0.3, -0.25) is 14.9 Å². The molecule has 0 atom stereocenters. The van der Waals surface area contributed by atoms with Gasteiger partial charge in [0.15, 0.2) is 0 Å². The van der Waals surface area contributed by atoms with E-state index in [-0.39, 0.29) is 18.5 Å². The highest BCUT2D eigenvalue weighted by atomic mass is 16.6. The van der Waals surface area contributed by atoms with E-state index < -0.39 is 10.9 Å². The Morgan fingerprint density at radius 2 is 1.92 bits per heavy atom. The molecular weight excluding hydrogens is 322 g/mol. The summed E-state index contributed by atoms with van der Waals surface area (Å²) in [5.74, 6) is -0.263. The Morgan fingerprint density at radius 3 is 2.60 bits per heavy atom. The molecule has 0 aliphatic heterocycles. The number of carboxylic acids is 1. The largest absolute Gasteiger partial charge is 0.481 e. The smallest absolute Gasteiger partial charge is 0.303 e. The average Bonchev–Trinajstić information content (AvgIpc) is 2.95. The third kappa shape index (κ3) is 3.82. The molecule has 0 amide bonds. The van der Waals surface area contributed by atoms with Gasteiger partial charge in [0.2, 0.25) is 0 Å². The second kappa shape index (κ2) is 7.12. The van der Waals surface area contributed by atoms with E-state index in [4.69, 9.17) is 5.11 Å². The Morgan fingerprint density at radius 1 is 1.16 bits per heavy atom. The molecule has 0 aliphatic carbocycles. The number of hydrogen-bond acceptors (Lipinski definition) is 4. The number of hydrogen-bond donors (Lipinski definition) is 1. The minimum Gasteiger partial charge on any atom is -0.481 e. The summed E-state index contributed by atoms with van der Waals surface area (Å²) in [5.41, 5.74) is 2.43. The zero-order chi connectivity index (χ0) is 17.8. The molecule has 0 aliphatic rings. The van der Waals surface area contributed by atoms with Gasteiger partial charge in [0.1, 0.15) is 5.82 Å². The maximum atomic E-state index is 11.1. The molecule has 25 heavy (non-hydrogen) atoms. The van der Waals surface area contributed by atoms with Crippen molar-refractivity contribution >= 4 is 22.7 Å². The minimum absolute atomic E-state index is 0.00172. The molecule has 0 radical (unpaired) electrons. The van der Waals surface area contributed by atoms with Gasteiger partial charge < -0.3 is 9.67 Å². The molecule has 2 aromatic carbocycles. The van der Waals surface area contributed by atoms with Crippen LogP contribution in [0, 0.1) is 10.1 Å². The summed E-state index contributed by atoms with van der Waals surface area (Å²) in [5, 5.41) is 20.0. The number of nitro groups is 1.